The van der Waals surface area contributed by atoms with Gasteiger partial charge in [0.05, 0.1) is 6.54 Å². The van der Waals surface area contributed by atoms with Crippen LogP contribution in [0.25, 0.3) is 0 Å². The topological polar surface area (TPSA) is 12.0 Å². The molecule has 1 rings (SSSR count). The number of hydrogen-bond donors (Lipinski definition) is 1. The minimum atomic E-state index is -3.97. The minimum Gasteiger partial charge on any atom is -0.307 e. The Morgan fingerprint density at radius 3 is 2.35 bits per heavy atom. The molecular weight excluding hydrogens is 234 g/mol. The molecule has 17 heavy (non-hydrogen) atoms. The summed E-state index contributed by atoms with van der Waals surface area (Å²) in [6, 6.07) is 5.51. The van der Waals surface area contributed by atoms with Gasteiger partial charge in [0, 0.05) is 6.54 Å². The first-order valence-electron chi connectivity index (χ1n) is 5.26. The third-order valence-electron chi connectivity index (χ3n) is 2.58. The van der Waals surface area contributed by atoms with Crippen LogP contribution in [0.15, 0.2) is 18.2 Å². The molecule has 0 aliphatic rings. The minimum absolute atomic E-state index is 0.156. The Balaban J connectivity index is 2.49. The third kappa shape index (κ3) is 4.00. The molecule has 0 heterocycles. The van der Waals surface area contributed by atoms with Crippen LogP contribution in [0.2, 0.25) is 0 Å². The van der Waals surface area contributed by atoms with Gasteiger partial charge < -0.3 is 5.32 Å². The summed E-state index contributed by atoms with van der Waals surface area (Å²) in [5.74, 6) is -3.97. The SMILES string of the molecule is Cc1ccc(CNCC(F)(F)C(F)F)cc1C. The van der Waals surface area contributed by atoms with E-state index in [1.807, 2.05) is 26.0 Å². The van der Waals surface area contributed by atoms with Gasteiger partial charge in [0.25, 0.3) is 0 Å². The number of rotatable bonds is 5. The molecule has 0 saturated carbocycles. The van der Waals surface area contributed by atoms with Crippen LogP contribution in [-0.4, -0.2) is 18.9 Å². The zero-order valence-electron chi connectivity index (χ0n) is 9.74. The number of benzene rings is 1. The Morgan fingerprint density at radius 2 is 1.82 bits per heavy atom. The normalized spacial score (nSPS) is 12.2. The molecule has 0 radical (unpaired) electrons. The third-order valence-corrected chi connectivity index (χ3v) is 2.58. The van der Waals surface area contributed by atoms with Crippen molar-refractivity contribution in [1.29, 1.82) is 0 Å². The maximum atomic E-state index is 12.6. The first kappa shape index (κ1) is 14.0. The molecule has 96 valence electrons. The molecule has 5 heteroatoms. The number of aryl methyl sites for hydroxylation is 2. The van der Waals surface area contributed by atoms with Gasteiger partial charge in [-0.05, 0) is 30.5 Å². The van der Waals surface area contributed by atoms with Crippen molar-refractivity contribution in [2.45, 2.75) is 32.7 Å². The first-order valence-corrected chi connectivity index (χ1v) is 5.26. The molecule has 0 unspecified atom stereocenters. The van der Waals surface area contributed by atoms with Gasteiger partial charge in [0.1, 0.15) is 0 Å². The van der Waals surface area contributed by atoms with Crippen LogP contribution in [0.4, 0.5) is 17.6 Å². The Kier molecular flexibility index (Phi) is 4.51. The predicted octanol–water partition coefficient (Wildman–Crippen LogP) is 3.29. The Bertz CT molecular complexity index is 377. The average molecular weight is 249 g/mol. The molecule has 0 spiro atoms. The van der Waals surface area contributed by atoms with E-state index in [4.69, 9.17) is 0 Å². The predicted molar refractivity (Wildman–Crippen MR) is 58.6 cm³/mol. The highest BCUT2D eigenvalue weighted by molar-refractivity contribution is 5.29. The van der Waals surface area contributed by atoms with E-state index < -0.39 is 18.9 Å². The van der Waals surface area contributed by atoms with E-state index >= 15 is 0 Å². The highest BCUT2D eigenvalue weighted by Gasteiger charge is 2.39. The van der Waals surface area contributed by atoms with Crippen molar-refractivity contribution in [2.24, 2.45) is 0 Å². The van der Waals surface area contributed by atoms with Crippen molar-refractivity contribution < 1.29 is 17.6 Å². The smallest absolute Gasteiger partial charge is 0.307 e. The standard InChI is InChI=1S/C12H15F4N/c1-8-3-4-10(5-9(8)2)6-17-7-12(15,16)11(13)14/h3-5,11,17H,6-7H2,1-2H3. The molecule has 0 saturated heterocycles. The van der Waals surface area contributed by atoms with Crippen LogP contribution in [-0.2, 0) is 6.54 Å². The van der Waals surface area contributed by atoms with Crippen molar-refractivity contribution in [3.63, 3.8) is 0 Å². The van der Waals surface area contributed by atoms with Gasteiger partial charge in [-0.25, -0.2) is 8.78 Å². The van der Waals surface area contributed by atoms with Crippen LogP contribution in [0.5, 0.6) is 0 Å². The number of nitrogens with one attached hydrogen (secondary N) is 1. The van der Waals surface area contributed by atoms with Gasteiger partial charge in [0.15, 0.2) is 0 Å². The summed E-state index contributed by atoms with van der Waals surface area (Å²) in [5.41, 5.74) is 2.95. The zero-order valence-corrected chi connectivity index (χ0v) is 9.74. The van der Waals surface area contributed by atoms with E-state index in [0.29, 0.717) is 0 Å². The largest absolute Gasteiger partial charge is 0.319 e. The summed E-state index contributed by atoms with van der Waals surface area (Å²) in [6.07, 6.45) is -3.63. The second-order valence-electron chi connectivity index (χ2n) is 4.08. The fraction of sp³-hybridized carbons (Fsp3) is 0.500. The number of alkyl halides is 4. The second kappa shape index (κ2) is 5.49. The van der Waals surface area contributed by atoms with Gasteiger partial charge >= 0.3 is 12.3 Å². The summed E-state index contributed by atoms with van der Waals surface area (Å²) >= 11 is 0. The Morgan fingerprint density at radius 1 is 1.18 bits per heavy atom. The lowest BCUT2D eigenvalue weighted by Crippen LogP contribution is -2.38. The summed E-state index contributed by atoms with van der Waals surface area (Å²) in [4.78, 5) is 0. The molecule has 0 atom stereocenters. The summed E-state index contributed by atoms with van der Waals surface area (Å²) < 4.78 is 48.9. The molecule has 0 fully saturated rings. The van der Waals surface area contributed by atoms with Gasteiger partial charge in [-0.15, -0.1) is 0 Å². The lowest BCUT2D eigenvalue weighted by atomic mass is 10.1. The van der Waals surface area contributed by atoms with Gasteiger partial charge in [-0.1, -0.05) is 18.2 Å². The van der Waals surface area contributed by atoms with Crippen molar-refractivity contribution in [2.75, 3.05) is 6.54 Å². The quantitative estimate of drug-likeness (QED) is 0.789. The summed E-state index contributed by atoms with van der Waals surface area (Å²) in [7, 11) is 0. The molecule has 0 bridgehead atoms. The highest BCUT2D eigenvalue weighted by atomic mass is 19.3. The Hall–Kier alpha value is -1.10. The molecule has 0 aliphatic heterocycles. The van der Waals surface area contributed by atoms with Crippen LogP contribution >= 0.6 is 0 Å². The first-order chi connectivity index (χ1) is 7.83. The summed E-state index contributed by atoms with van der Waals surface area (Å²) in [5, 5.41) is 2.34. The maximum Gasteiger partial charge on any atom is 0.319 e. The lowest BCUT2D eigenvalue weighted by Gasteiger charge is -2.16. The van der Waals surface area contributed by atoms with Crippen molar-refractivity contribution >= 4 is 0 Å². The van der Waals surface area contributed by atoms with Gasteiger partial charge in [0.2, 0.25) is 0 Å². The highest BCUT2D eigenvalue weighted by Crippen LogP contribution is 2.21. The molecule has 0 amide bonds. The lowest BCUT2D eigenvalue weighted by molar-refractivity contribution is -0.125. The molecule has 0 aromatic heterocycles. The van der Waals surface area contributed by atoms with E-state index in [1.165, 1.54) is 0 Å². The van der Waals surface area contributed by atoms with E-state index in [-0.39, 0.29) is 6.54 Å². The Labute approximate surface area is 97.8 Å². The fourth-order valence-corrected chi connectivity index (χ4v) is 1.36. The molecule has 1 aromatic rings. The van der Waals surface area contributed by atoms with Crippen molar-refractivity contribution in [1.82, 2.24) is 5.32 Å². The second-order valence-corrected chi connectivity index (χ2v) is 4.08. The number of halogens is 4. The molecule has 1 nitrogen and oxygen atoms in total. The molecular formula is C12H15F4N. The van der Waals surface area contributed by atoms with Crippen LogP contribution in [0, 0.1) is 13.8 Å². The van der Waals surface area contributed by atoms with Gasteiger partial charge in [-0.2, -0.15) is 8.78 Å². The average Bonchev–Trinajstić information content (AvgIpc) is 2.23. The van der Waals surface area contributed by atoms with Gasteiger partial charge in [-0.3, -0.25) is 0 Å². The maximum absolute atomic E-state index is 12.6. The van der Waals surface area contributed by atoms with E-state index in [1.54, 1.807) is 6.07 Å². The van der Waals surface area contributed by atoms with Crippen LogP contribution < -0.4 is 5.32 Å². The molecule has 0 aliphatic carbocycles. The van der Waals surface area contributed by atoms with Crippen LogP contribution in [0.3, 0.4) is 0 Å². The van der Waals surface area contributed by atoms with E-state index in [9.17, 15) is 17.6 Å². The van der Waals surface area contributed by atoms with E-state index in [2.05, 4.69) is 5.32 Å². The zero-order chi connectivity index (χ0) is 13.1. The fourth-order valence-electron chi connectivity index (χ4n) is 1.36. The number of hydrogen-bond acceptors (Lipinski definition) is 1. The monoisotopic (exact) mass is 249 g/mol. The molecule has 1 aromatic carbocycles. The van der Waals surface area contributed by atoms with Crippen molar-refractivity contribution in [3.8, 4) is 0 Å². The van der Waals surface area contributed by atoms with Crippen LogP contribution in [0.1, 0.15) is 16.7 Å². The van der Waals surface area contributed by atoms with E-state index in [0.717, 1.165) is 16.7 Å². The molecule has 1 N–H and O–H groups in total. The van der Waals surface area contributed by atoms with Crippen molar-refractivity contribution in [3.05, 3.63) is 34.9 Å². The summed E-state index contributed by atoms with van der Waals surface area (Å²) in [6.45, 7) is 2.99.